The summed E-state index contributed by atoms with van der Waals surface area (Å²) in [5.41, 5.74) is 2.19. The summed E-state index contributed by atoms with van der Waals surface area (Å²) in [5.74, 6) is 0.656. The Balaban J connectivity index is 2.10. The molecule has 0 spiro atoms. The van der Waals surface area contributed by atoms with E-state index in [0.29, 0.717) is 31.2 Å². The van der Waals surface area contributed by atoms with Crippen LogP contribution in [-0.2, 0) is 16.0 Å². The molecule has 5 heteroatoms. The van der Waals surface area contributed by atoms with Crippen molar-refractivity contribution in [1.82, 2.24) is 10.2 Å². The van der Waals surface area contributed by atoms with Crippen molar-refractivity contribution < 1.29 is 14.3 Å². The molecule has 0 bridgehead atoms. The van der Waals surface area contributed by atoms with Gasteiger partial charge in [-0.1, -0.05) is 62.4 Å². The molecule has 0 fully saturated rings. The lowest BCUT2D eigenvalue weighted by molar-refractivity contribution is -0.141. The van der Waals surface area contributed by atoms with Crippen molar-refractivity contribution in [3.63, 3.8) is 0 Å². The van der Waals surface area contributed by atoms with Gasteiger partial charge >= 0.3 is 0 Å². The molecule has 1 atom stereocenters. The molecule has 0 aliphatic heterocycles. The lowest BCUT2D eigenvalue weighted by Gasteiger charge is -2.28. The smallest absolute Gasteiger partial charge is 0.261 e. The van der Waals surface area contributed by atoms with E-state index in [0.717, 1.165) is 11.1 Å². The number of likely N-dealkylation sites (N-methyl/N-ethyl adjacent to an activating group) is 1. The summed E-state index contributed by atoms with van der Waals surface area (Å²) < 4.78 is 5.86. The lowest BCUT2D eigenvalue weighted by atomic mass is 10.0. The van der Waals surface area contributed by atoms with Gasteiger partial charge in [-0.05, 0) is 43.4 Å². The van der Waals surface area contributed by atoms with Gasteiger partial charge in [0, 0.05) is 13.1 Å². The van der Waals surface area contributed by atoms with Gasteiger partial charge in [0.2, 0.25) is 5.91 Å². The van der Waals surface area contributed by atoms with Crippen LogP contribution >= 0.6 is 0 Å². The third-order valence-electron chi connectivity index (χ3n) is 4.89. The first-order valence-corrected chi connectivity index (χ1v) is 10.3. The fourth-order valence-corrected chi connectivity index (χ4v) is 3.20. The van der Waals surface area contributed by atoms with Crippen LogP contribution in [0.5, 0.6) is 5.75 Å². The first-order valence-electron chi connectivity index (χ1n) is 10.3. The molecule has 2 amide bonds. The summed E-state index contributed by atoms with van der Waals surface area (Å²) in [4.78, 5) is 27.0. The third-order valence-corrected chi connectivity index (χ3v) is 4.89. The molecule has 5 nitrogen and oxygen atoms in total. The molecule has 0 aromatic heterocycles. The zero-order valence-corrected chi connectivity index (χ0v) is 17.9. The summed E-state index contributed by atoms with van der Waals surface area (Å²) in [7, 11) is 0. The highest BCUT2D eigenvalue weighted by atomic mass is 16.5. The van der Waals surface area contributed by atoms with Crippen LogP contribution in [0.25, 0.3) is 0 Å². The van der Waals surface area contributed by atoms with Crippen LogP contribution in [0, 0.1) is 0 Å². The Morgan fingerprint density at radius 2 is 1.66 bits per heavy atom. The first-order chi connectivity index (χ1) is 13.9. The van der Waals surface area contributed by atoms with Gasteiger partial charge in [-0.3, -0.25) is 9.59 Å². The SMILES string of the molecule is CCNC(=O)C(C)N(CCc1ccccc1)C(=O)COc1ccccc1C(C)C. The van der Waals surface area contributed by atoms with Crippen LogP contribution < -0.4 is 10.1 Å². The Hall–Kier alpha value is -2.82. The molecule has 0 heterocycles. The molecule has 2 aromatic rings. The number of carbonyl (C=O) groups excluding carboxylic acids is 2. The molecular formula is C24H32N2O3. The molecule has 1 unspecified atom stereocenters. The molecule has 0 radical (unpaired) electrons. The average Bonchev–Trinajstić information content (AvgIpc) is 2.73. The number of carbonyl (C=O) groups is 2. The Bertz CT molecular complexity index is 790. The molecule has 0 aliphatic rings. The van der Waals surface area contributed by atoms with Crippen molar-refractivity contribution in [2.24, 2.45) is 0 Å². The fraction of sp³-hybridized carbons (Fsp3) is 0.417. The topological polar surface area (TPSA) is 58.6 Å². The molecule has 2 aromatic carbocycles. The van der Waals surface area contributed by atoms with Crippen molar-refractivity contribution in [1.29, 1.82) is 0 Å². The van der Waals surface area contributed by atoms with E-state index >= 15 is 0 Å². The van der Waals surface area contributed by atoms with Gasteiger partial charge in [-0.25, -0.2) is 0 Å². The van der Waals surface area contributed by atoms with Crippen LogP contribution in [0.3, 0.4) is 0 Å². The molecule has 0 aliphatic carbocycles. The number of hydrogen-bond donors (Lipinski definition) is 1. The molecule has 2 rings (SSSR count). The highest BCUT2D eigenvalue weighted by molar-refractivity contribution is 5.87. The molecule has 0 saturated heterocycles. The van der Waals surface area contributed by atoms with E-state index in [1.54, 1.807) is 11.8 Å². The van der Waals surface area contributed by atoms with E-state index in [2.05, 4.69) is 19.2 Å². The van der Waals surface area contributed by atoms with E-state index in [1.807, 2.05) is 61.5 Å². The third kappa shape index (κ3) is 6.63. The van der Waals surface area contributed by atoms with E-state index in [-0.39, 0.29) is 18.4 Å². The van der Waals surface area contributed by atoms with Crippen LogP contribution in [0.15, 0.2) is 54.6 Å². The Kier molecular flexibility index (Phi) is 8.71. The minimum absolute atomic E-state index is 0.0950. The van der Waals surface area contributed by atoms with Gasteiger partial charge in [-0.15, -0.1) is 0 Å². The standard InChI is InChI=1S/C24H32N2O3/c1-5-25-24(28)19(4)26(16-15-20-11-7-6-8-12-20)23(27)17-29-22-14-10-9-13-21(22)18(2)3/h6-14,18-19H,5,15-17H2,1-4H3,(H,25,28). The van der Waals surface area contributed by atoms with Gasteiger partial charge in [-0.2, -0.15) is 0 Å². The Morgan fingerprint density at radius 1 is 1.00 bits per heavy atom. The number of rotatable bonds is 10. The van der Waals surface area contributed by atoms with Crippen LogP contribution in [0.2, 0.25) is 0 Å². The highest BCUT2D eigenvalue weighted by Crippen LogP contribution is 2.25. The molecule has 156 valence electrons. The number of amides is 2. The van der Waals surface area contributed by atoms with Gasteiger partial charge in [0.05, 0.1) is 0 Å². The van der Waals surface area contributed by atoms with Gasteiger partial charge in [0.1, 0.15) is 11.8 Å². The average molecular weight is 397 g/mol. The summed E-state index contributed by atoms with van der Waals surface area (Å²) in [6.45, 7) is 8.70. The fourth-order valence-electron chi connectivity index (χ4n) is 3.20. The first kappa shape index (κ1) is 22.5. The zero-order valence-electron chi connectivity index (χ0n) is 17.9. The number of para-hydroxylation sites is 1. The molecule has 1 N–H and O–H groups in total. The number of hydrogen-bond acceptors (Lipinski definition) is 3. The summed E-state index contributed by atoms with van der Waals surface area (Å²) in [5, 5.41) is 2.80. The van der Waals surface area contributed by atoms with Gasteiger partial charge in [0.25, 0.3) is 5.91 Å². The van der Waals surface area contributed by atoms with Crippen LogP contribution in [0.4, 0.5) is 0 Å². The number of nitrogens with one attached hydrogen (secondary N) is 1. The van der Waals surface area contributed by atoms with Crippen molar-refractivity contribution in [2.45, 2.75) is 46.1 Å². The van der Waals surface area contributed by atoms with Crippen LogP contribution in [0.1, 0.15) is 44.7 Å². The van der Waals surface area contributed by atoms with Crippen molar-refractivity contribution in [3.05, 3.63) is 65.7 Å². The normalized spacial score (nSPS) is 11.8. The second-order valence-electron chi connectivity index (χ2n) is 7.37. The van der Waals surface area contributed by atoms with E-state index in [9.17, 15) is 9.59 Å². The van der Waals surface area contributed by atoms with Crippen molar-refractivity contribution in [2.75, 3.05) is 19.7 Å². The Morgan fingerprint density at radius 3 is 2.31 bits per heavy atom. The molecule has 0 saturated carbocycles. The van der Waals surface area contributed by atoms with Crippen LogP contribution in [-0.4, -0.2) is 42.5 Å². The molecular weight excluding hydrogens is 364 g/mol. The second kappa shape index (κ2) is 11.2. The summed E-state index contributed by atoms with van der Waals surface area (Å²) in [6.07, 6.45) is 0.679. The van der Waals surface area contributed by atoms with Crippen molar-refractivity contribution in [3.8, 4) is 5.75 Å². The van der Waals surface area contributed by atoms with Gasteiger partial charge < -0.3 is 15.0 Å². The summed E-state index contributed by atoms with van der Waals surface area (Å²) >= 11 is 0. The summed E-state index contributed by atoms with van der Waals surface area (Å²) in [6, 6.07) is 17.1. The van der Waals surface area contributed by atoms with E-state index in [1.165, 1.54) is 0 Å². The molecule has 29 heavy (non-hydrogen) atoms. The number of nitrogens with zero attached hydrogens (tertiary/aromatic N) is 1. The van der Waals surface area contributed by atoms with E-state index in [4.69, 9.17) is 4.74 Å². The predicted molar refractivity (Wildman–Crippen MR) is 116 cm³/mol. The number of benzene rings is 2. The largest absolute Gasteiger partial charge is 0.483 e. The highest BCUT2D eigenvalue weighted by Gasteiger charge is 2.26. The lowest BCUT2D eigenvalue weighted by Crippen LogP contribution is -2.50. The Labute approximate surface area is 174 Å². The van der Waals surface area contributed by atoms with Gasteiger partial charge in [0.15, 0.2) is 6.61 Å². The van der Waals surface area contributed by atoms with E-state index < -0.39 is 6.04 Å². The monoisotopic (exact) mass is 396 g/mol. The second-order valence-corrected chi connectivity index (χ2v) is 7.37. The number of ether oxygens (including phenoxy) is 1. The minimum Gasteiger partial charge on any atom is -0.483 e. The maximum atomic E-state index is 13.0. The zero-order chi connectivity index (χ0) is 21.2. The quantitative estimate of drug-likeness (QED) is 0.665. The minimum atomic E-state index is -0.560. The predicted octanol–water partition coefficient (Wildman–Crippen LogP) is 3.78. The van der Waals surface area contributed by atoms with Crippen molar-refractivity contribution >= 4 is 11.8 Å². The maximum Gasteiger partial charge on any atom is 0.261 e. The maximum absolute atomic E-state index is 13.0.